The Bertz CT molecular complexity index is 964. The van der Waals surface area contributed by atoms with Gasteiger partial charge in [-0.3, -0.25) is 9.59 Å². The summed E-state index contributed by atoms with van der Waals surface area (Å²) >= 11 is 0. The van der Waals surface area contributed by atoms with Crippen LogP contribution in [0.1, 0.15) is 258 Å². The van der Waals surface area contributed by atoms with Gasteiger partial charge in [0.15, 0.2) is 12.4 Å². The summed E-state index contributed by atoms with van der Waals surface area (Å²) in [6.07, 6.45) is 38.3. The van der Waals surface area contributed by atoms with E-state index >= 15 is 0 Å². The maximum Gasteiger partial charge on any atom is 0.306 e. The minimum absolute atomic E-state index is 0.208. The summed E-state index contributed by atoms with van der Waals surface area (Å²) in [5.41, 5.74) is 0. The Labute approximate surface area is 374 Å². The van der Waals surface area contributed by atoms with Gasteiger partial charge in [-0.25, -0.2) is 0 Å². The molecular weight excluding hydrogens is 773 g/mol. The SMILES string of the molecule is CCCCCCCCCCCCCCCCCCCCCCCCCC(=O)O[C@H](COC(=O)CCCCCCCCCCCCCCC)CO[C@@H]1O[C@H](CO)[C@H](O)C(O)C1O. The molecule has 6 atom stereocenters. The van der Waals surface area contributed by atoms with Crippen LogP contribution in [0.3, 0.4) is 0 Å². The van der Waals surface area contributed by atoms with Crippen LogP contribution in [0.15, 0.2) is 0 Å². The summed E-state index contributed by atoms with van der Waals surface area (Å²) < 4.78 is 22.2. The summed E-state index contributed by atoms with van der Waals surface area (Å²) in [6, 6.07) is 0. The Balaban J connectivity index is 2.20. The van der Waals surface area contributed by atoms with Crippen molar-refractivity contribution >= 4 is 11.9 Å². The van der Waals surface area contributed by atoms with E-state index in [0.717, 1.165) is 32.1 Å². The lowest BCUT2D eigenvalue weighted by Crippen LogP contribution is -2.59. The molecule has 61 heavy (non-hydrogen) atoms. The van der Waals surface area contributed by atoms with Gasteiger partial charge >= 0.3 is 11.9 Å². The standard InChI is InChI=1S/C51H98O10/c1-3-5-7-9-11-13-15-17-18-19-20-21-22-23-24-25-26-28-30-32-34-36-38-40-47(54)60-44(43-59-51-50(57)49(56)48(55)45(41-52)61-51)42-58-46(53)39-37-35-33-31-29-27-16-14-12-10-8-6-4-2/h44-45,48-52,55-57H,3-43H2,1-2H3/t44-,45-,48+,49?,50?,51-/m1/s1. The van der Waals surface area contributed by atoms with Crippen LogP contribution in [0.2, 0.25) is 0 Å². The molecule has 362 valence electrons. The molecule has 1 aliphatic heterocycles. The molecule has 2 unspecified atom stereocenters. The average molecular weight is 871 g/mol. The van der Waals surface area contributed by atoms with E-state index in [1.54, 1.807) is 0 Å². The van der Waals surface area contributed by atoms with Gasteiger partial charge in [-0.15, -0.1) is 0 Å². The van der Waals surface area contributed by atoms with Crippen LogP contribution >= 0.6 is 0 Å². The smallest absolute Gasteiger partial charge is 0.306 e. The topological polar surface area (TPSA) is 152 Å². The van der Waals surface area contributed by atoms with E-state index in [9.17, 15) is 30.0 Å². The van der Waals surface area contributed by atoms with E-state index < -0.39 is 49.4 Å². The van der Waals surface area contributed by atoms with Gasteiger partial charge in [-0.1, -0.05) is 232 Å². The molecule has 1 aliphatic rings. The summed E-state index contributed by atoms with van der Waals surface area (Å²) in [6.45, 7) is 3.47. The Morgan fingerprint density at radius 2 is 0.770 bits per heavy atom. The molecule has 0 bridgehead atoms. The lowest BCUT2D eigenvalue weighted by molar-refractivity contribution is -0.305. The van der Waals surface area contributed by atoms with Gasteiger partial charge in [-0.05, 0) is 12.8 Å². The lowest BCUT2D eigenvalue weighted by Gasteiger charge is -2.39. The molecule has 1 saturated heterocycles. The largest absolute Gasteiger partial charge is 0.462 e. The average Bonchev–Trinajstić information content (AvgIpc) is 3.26. The van der Waals surface area contributed by atoms with E-state index in [1.165, 1.54) is 193 Å². The van der Waals surface area contributed by atoms with Crippen molar-refractivity contribution in [2.75, 3.05) is 19.8 Å². The van der Waals surface area contributed by atoms with Crippen LogP contribution in [0.25, 0.3) is 0 Å². The van der Waals surface area contributed by atoms with E-state index in [0.29, 0.717) is 6.42 Å². The van der Waals surface area contributed by atoms with Gasteiger partial charge in [0.25, 0.3) is 0 Å². The zero-order valence-electron chi connectivity index (χ0n) is 39.7. The monoisotopic (exact) mass is 871 g/mol. The van der Waals surface area contributed by atoms with Crippen LogP contribution in [-0.2, 0) is 28.5 Å². The highest BCUT2D eigenvalue weighted by Crippen LogP contribution is 2.23. The number of aliphatic hydroxyl groups is 4. The first-order chi connectivity index (χ1) is 29.8. The molecule has 4 N–H and O–H groups in total. The molecule has 0 aromatic rings. The molecule has 1 fully saturated rings. The Kier molecular flexibility index (Phi) is 40.3. The fourth-order valence-electron chi connectivity index (χ4n) is 8.37. The number of hydrogen-bond donors (Lipinski definition) is 4. The van der Waals surface area contributed by atoms with Crippen LogP contribution in [-0.4, -0.2) is 89.0 Å². The minimum atomic E-state index is -1.59. The number of carbonyl (C=O) groups is 2. The van der Waals surface area contributed by atoms with Crippen LogP contribution in [0.4, 0.5) is 0 Å². The summed E-state index contributed by atoms with van der Waals surface area (Å²) in [5.74, 6) is -0.787. The van der Waals surface area contributed by atoms with Crippen molar-refractivity contribution in [3.05, 3.63) is 0 Å². The molecule has 0 radical (unpaired) electrons. The molecule has 10 nitrogen and oxygen atoms in total. The van der Waals surface area contributed by atoms with Gasteiger partial charge in [-0.2, -0.15) is 0 Å². The predicted molar refractivity (Wildman–Crippen MR) is 247 cm³/mol. The maximum absolute atomic E-state index is 12.8. The van der Waals surface area contributed by atoms with Crippen LogP contribution in [0.5, 0.6) is 0 Å². The highest BCUT2D eigenvalue weighted by molar-refractivity contribution is 5.70. The highest BCUT2D eigenvalue weighted by atomic mass is 16.7. The quantitative estimate of drug-likeness (QED) is 0.0344. The molecule has 0 saturated carbocycles. The van der Waals surface area contributed by atoms with Crippen molar-refractivity contribution in [3.63, 3.8) is 0 Å². The Morgan fingerprint density at radius 1 is 0.443 bits per heavy atom. The highest BCUT2D eigenvalue weighted by Gasteiger charge is 2.44. The number of rotatable bonds is 45. The third-order valence-corrected chi connectivity index (χ3v) is 12.5. The molecule has 0 aromatic heterocycles. The second-order valence-corrected chi connectivity index (χ2v) is 18.3. The summed E-state index contributed by atoms with van der Waals surface area (Å²) in [4.78, 5) is 25.4. The molecule has 10 heteroatoms. The number of esters is 2. The fraction of sp³-hybridized carbons (Fsp3) is 0.961. The third-order valence-electron chi connectivity index (χ3n) is 12.5. The first-order valence-corrected chi connectivity index (χ1v) is 26.1. The van der Waals surface area contributed by atoms with Crippen molar-refractivity contribution < 1.29 is 49.0 Å². The Hall–Kier alpha value is -1.30. The third kappa shape index (κ3) is 33.8. The number of unbranched alkanes of at least 4 members (excludes halogenated alkanes) is 34. The number of ether oxygens (including phenoxy) is 4. The molecule has 1 heterocycles. The van der Waals surface area contributed by atoms with Gasteiger partial charge in [0.05, 0.1) is 13.2 Å². The van der Waals surface area contributed by atoms with Gasteiger partial charge in [0.1, 0.15) is 31.0 Å². The van der Waals surface area contributed by atoms with Crippen LogP contribution < -0.4 is 0 Å². The normalized spacial score (nSPS) is 19.6. The molecule has 0 spiro atoms. The van der Waals surface area contributed by atoms with Crippen molar-refractivity contribution in [2.45, 2.75) is 295 Å². The van der Waals surface area contributed by atoms with E-state index in [1.807, 2.05) is 0 Å². The number of hydrogen-bond acceptors (Lipinski definition) is 10. The molecule has 0 aliphatic carbocycles. The van der Waals surface area contributed by atoms with Crippen molar-refractivity contribution in [1.29, 1.82) is 0 Å². The van der Waals surface area contributed by atoms with Crippen molar-refractivity contribution in [1.82, 2.24) is 0 Å². The summed E-state index contributed by atoms with van der Waals surface area (Å²) in [7, 11) is 0. The second kappa shape index (κ2) is 42.6. The molecule has 0 amide bonds. The molecule has 1 rings (SSSR count). The molecular formula is C51H98O10. The Morgan fingerprint density at radius 3 is 1.11 bits per heavy atom. The minimum Gasteiger partial charge on any atom is -0.462 e. The summed E-state index contributed by atoms with van der Waals surface area (Å²) in [5, 5.41) is 40.2. The first-order valence-electron chi connectivity index (χ1n) is 26.1. The molecule has 0 aromatic carbocycles. The van der Waals surface area contributed by atoms with Gasteiger partial charge in [0.2, 0.25) is 0 Å². The van der Waals surface area contributed by atoms with Crippen LogP contribution in [0, 0.1) is 0 Å². The van der Waals surface area contributed by atoms with E-state index in [2.05, 4.69) is 13.8 Å². The van der Waals surface area contributed by atoms with Gasteiger partial charge in [0, 0.05) is 12.8 Å². The van der Waals surface area contributed by atoms with Crippen molar-refractivity contribution in [2.24, 2.45) is 0 Å². The van der Waals surface area contributed by atoms with E-state index in [-0.39, 0.29) is 32.0 Å². The van der Waals surface area contributed by atoms with E-state index in [4.69, 9.17) is 18.9 Å². The predicted octanol–water partition coefficient (Wildman–Crippen LogP) is 12.1. The van der Waals surface area contributed by atoms with Gasteiger partial charge < -0.3 is 39.4 Å². The number of carbonyl (C=O) groups excluding carboxylic acids is 2. The van der Waals surface area contributed by atoms with Crippen molar-refractivity contribution in [3.8, 4) is 0 Å². The second-order valence-electron chi connectivity index (χ2n) is 18.3. The lowest BCUT2D eigenvalue weighted by atomic mass is 9.99. The zero-order chi connectivity index (χ0) is 44.4. The zero-order valence-corrected chi connectivity index (χ0v) is 39.7. The maximum atomic E-state index is 12.8. The number of aliphatic hydroxyl groups excluding tert-OH is 4. The first kappa shape index (κ1) is 57.7. The fourth-order valence-corrected chi connectivity index (χ4v) is 8.37.